The van der Waals surface area contributed by atoms with Gasteiger partial charge < -0.3 is 15.5 Å². The summed E-state index contributed by atoms with van der Waals surface area (Å²) in [5.41, 5.74) is 0. The fourth-order valence-corrected chi connectivity index (χ4v) is 6.93. The Morgan fingerprint density at radius 1 is 0.453 bits per heavy atom. The number of allylic oxidation sites excluding steroid dienone is 7. The molecule has 2 atom stereocenters. The summed E-state index contributed by atoms with van der Waals surface area (Å²) in [6, 6.07) is -0.642. The van der Waals surface area contributed by atoms with Gasteiger partial charge in [-0.15, -0.1) is 0 Å². The Kier molecular flexibility index (Phi) is 43.4. The van der Waals surface area contributed by atoms with E-state index in [-0.39, 0.29) is 12.5 Å². The van der Waals surface area contributed by atoms with Crippen LogP contribution in [0.4, 0.5) is 0 Å². The Morgan fingerprint density at radius 2 is 0.792 bits per heavy atom. The Morgan fingerprint density at radius 3 is 1.25 bits per heavy atom. The number of carbonyl (C=O) groups excluding carboxylic acids is 1. The third-order valence-electron chi connectivity index (χ3n) is 10.5. The summed E-state index contributed by atoms with van der Waals surface area (Å²) < 4.78 is 0. The zero-order valence-corrected chi connectivity index (χ0v) is 35.5. The van der Waals surface area contributed by atoms with Crippen molar-refractivity contribution in [2.75, 3.05) is 6.61 Å². The van der Waals surface area contributed by atoms with Gasteiger partial charge in [-0.25, -0.2) is 0 Å². The molecule has 0 aromatic carbocycles. The normalized spacial score (nSPS) is 13.4. The quantitative estimate of drug-likeness (QED) is 0.0431. The van der Waals surface area contributed by atoms with Gasteiger partial charge in [0, 0.05) is 6.42 Å². The van der Waals surface area contributed by atoms with E-state index in [0.29, 0.717) is 6.42 Å². The number of hydrogen-bond donors (Lipinski definition) is 3. The van der Waals surface area contributed by atoms with Crippen molar-refractivity contribution in [3.8, 4) is 0 Å². The van der Waals surface area contributed by atoms with Crippen molar-refractivity contribution >= 4 is 5.91 Å². The van der Waals surface area contributed by atoms with Gasteiger partial charge in [-0.05, 0) is 64.2 Å². The smallest absolute Gasteiger partial charge is 0.220 e. The van der Waals surface area contributed by atoms with Crippen LogP contribution in [0.3, 0.4) is 0 Å². The number of aliphatic hydroxyl groups is 2. The van der Waals surface area contributed by atoms with E-state index in [1.165, 1.54) is 180 Å². The molecule has 0 saturated carbocycles. The van der Waals surface area contributed by atoms with E-state index in [1.54, 1.807) is 6.08 Å². The van der Waals surface area contributed by atoms with Gasteiger partial charge in [0.2, 0.25) is 5.91 Å². The van der Waals surface area contributed by atoms with Gasteiger partial charge in [-0.2, -0.15) is 0 Å². The number of hydrogen-bond acceptors (Lipinski definition) is 3. The molecule has 0 spiro atoms. The highest BCUT2D eigenvalue weighted by atomic mass is 16.3. The van der Waals surface area contributed by atoms with E-state index in [1.807, 2.05) is 6.08 Å². The zero-order chi connectivity index (χ0) is 38.6. The lowest BCUT2D eigenvalue weighted by Gasteiger charge is -2.19. The molecule has 1 amide bonds. The van der Waals surface area contributed by atoms with E-state index < -0.39 is 12.1 Å². The van der Waals surface area contributed by atoms with E-state index in [9.17, 15) is 15.0 Å². The molecule has 0 aliphatic rings. The van der Waals surface area contributed by atoms with Crippen molar-refractivity contribution < 1.29 is 15.0 Å². The second-order valence-electron chi connectivity index (χ2n) is 15.8. The van der Waals surface area contributed by atoms with Crippen molar-refractivity contribution in [2.24, 2.45) is 0 Å². The average Bonchev–Trinajstić information content (AvgIpc) is 3.16. The number of rotatable bonds is 42. The predicted molar refractivity (Wildman–Crippen MR) is 235 cm³/mol. The number of carbonyl (C=O) groups is 1. The zero-order valence-electron chi connectivity index (χ0n) is 35.5. The van der Waals surface area contributed by atoms with Crippen molar-refractivity contribution in [1.82, 2.24) is 5.32 Å². The van der Waals surface area contributed by atoms with Crippen LogP contribution in [-0.4, -0.2) is 34.9 Å². The SMILES string of the molecule is CCCCC/C=C\C/C=C\CCCCCCCCCCCC(=O)NC(CO)C(O)/C=C/CC/C=C/CCCCCCCCCCCCCCCCCC. The fourth-order valence-electron chi connectivity index (χ4n) is 6.93. The second kappa shape index (κ2) is 44.7. The van der Waals surface area contributed by atoms with Crippen molar-refractivity contribution in [1.29, 1.82) is 0 Å². The van der Waals surface area contributed by atoms with Crippen LogP contribution in [0.1, 0.15) is 239 Å². The molecule has 0 fully saturated rings. The van der Waals surface area contributed by atoms with Gasteiger partial charge in [0.25, 0.3) is 0 Å². The van der Waals surface area contributed by atoms with Crippen LogP contribution < -0.4 is 5.32 Å². The molecule has 0 bridgehead atoms. The highest BCUT2D eigenvalue weighted by Gasteiger charge is 2.17. The number of aliphatic hydroxyl groups excluding tert-OH is 2. The van der Waals surface area contributed by atoms with Crippen molar-refractivity contribution in [2.45, 2.75) is 251 Å². The van der Waals surface area contributed by atoms with Gasteiger partial charge in [-0.3, -0.25) is 4.79 Å². The first-order chi connectivity index (χ1) is 26.2. The van der Waals surface area contributed by atoms with Gasteiger partial charge in [0.05, 0.1) is 18.8 Å². The minimum Gasteiger partial charge on any atom is -0.394 e. The van der Waals surface area contributed by atoms with Gasteiger partial charge in [-0.1, -0.05) is 217 Å². The molecule has 0 saturated heterocycles. The fraction of sp³-hybridized carbons (Fsp3) is 0.816. The van der Waals surface area contributed by atoms with E-state index in [2.05, 4.69) is 55.6 Å². The number of nitrogens with one attached hydrogen (secondary N) is 1. The summed E-state index contributed by atoms with van der Waals surface area (Å²) in [6.07, 6.45) is 60.8. The molecule has 0 aromatic rings. The molecule has 0 rings (SSSR count). The van der Waals surface area contributed by atoms with Gasteiger partial charge >= 0.3 is 0 Å². The molecule has 3 N–H and O–H groups in total. The monoisotopic (exact) mass is 742 g/mol. The van der Waals surface area contributed by atoms with Crippen LogP contribution in [0.25, 0.3) is 0 Å². The van der Waals surface area contributed by atoms with Gasteiger partial charge in [0.15, 0.2) is 0 Å². The molecule has 0 radical (unpaired) electrons. The van der Waals surface area contributed by atoms with Crippen LogP contribution in [-0.2, 0) is 4.79 Å². The van der Waals surface area contributed by atoms with E-state index >= 15 is 0 Å². The first-order valence-electron chi connectivity index (χ1n) is 23.4. The summed E-state index contributed by atoms with van der Waals surface area (Å²) in [4.78, 5) is 12.4. The van der Waals surface area contributed by atoms with Gasteiger partial charge in [0.1, 0.15) is 0 Å². The largest absolute Gasteiger partial charge is 0.394 e. The number of unbranched alkanes of at least 4 members (excludes halogenated alkanes) is 29. The van der Waals surface area contributed by atoms with Crippen LogP contribution >= 0.6 is 0 Å². The molecule has 2 unspecified atom stereocenters. The minimum absolute atomic E-state index is 0.0782. The van der Waals surface area contributed by atoms with E-state index in [0.717, 1.165) is 38.5 Å². The lowest BCUT2D eigenvalue weighted by atomic mass is 10.0. The Hall–Kier alpha value is -1.65. The topological polar surface area (TPSA) is 69.6 Å². The molecule has 53 heavy (non-hydrogen) atoms. The Bertz CT molecular complexity index is 847. The van der Waals surface area contributed by atoms with E-state index in [4.69, 9.17) is 0 Å². The minimum atomic E-state index is -0.865. The molecule has 4 nitrogen and oxygen atoms in total. The maximum atomic E-state index is 12.4. The van der Waals surface area contributed by atoms with Crippen LogP contribution in [0.5, 0.6) is 0 Å². The summed E-state index contributed by atoms with van der Waals surface area (Å²) >= 11 is 0. The molecule has 4 heteroatoms. The highest BCUT2D eigenvalue weighted by Crippen LogP contribution is 2.15. The lowest BCUT2D eigenvalue weighted by Crippen LogP contribution is -2.45. The Balaban J connectivity index is 3.60. The molecule has 310 valence electrons. The third-order valence-corrected chi connectivity index (χ3v) is 10.5. The summed E-state index contributed by atoms with van der Waals surface area (Å²) in [6.45, 7) is 4.28. The molecule has 0 aliphatic carbocycles. The van der Waals surface area contributed by atoms with Crippen LogP contribution in [0, 0.1) is 0 Å². The van der Waals surface area contributed by atoms with Crippen molar-refractivity contribution in [3.05, 3.63) is 48.6 Å². The molecular weight excluding hydrogens is 651 g/mol. The number of amides is 1. The lowest BCUT2D eigenvalue weighted by molar-refractivity contribution is -0.123. The predicted octanol–water partition coefficient (Wildman–Crippen LogP) is 14.7. The molecule has 0 heterocycles. The maximum Gasteiger partial charge on any atom is 0.220 e. The van der Waals surface area contributed by atoms with Crippen molar-refractivity contribution in [3.63, 3.8) is 0 Å². The molecule has 0 aliphatic heterocycles. The standard InChI is InChI=1S/C49H91NO3/c1-3-5-7-9-11-13-15-17-19-21-23-24-25-27-28-30-32-34-36-38-40-42-44-48(52)47(46-51)50-49(53)45-43-41-39-37-35-33-31-29-26-22-20-18-16-14-12-10-8-6-4-2/h12,14,18,20,34,36,42,44,47-48,51-52H,3-11,13,15-17,19,21-33,35,37-41,43,45-46H2,1-2H3,(H,50,53)/b14-12-,20-18-,36-34+,44-42+. The summed E-state index contributed by atoms with van der Waals surface area (Å²) in [5, 5.41) is 23.0. The van der Waals surface area contributed by atoms with Crippen LogP contribution in [0.2, 0.25) is 0 Å². The summed E-state index contributed by atoms with van der Waals surface area (Å²) in [5.74, 6) is -0.0782. The van der Waals surface area contributed by atoms with Crippen LogP contribution in [0.15, 0.2) is 48.6 Å². The first kappa shape index (κ1) is 51.4. The maximum absolute atomic E-state index is 12.4. The highest BCUT2D eigenvalue weighted by molar-refractivity contribution is 5.76. The Labute approximate surface area is 331 Å². The molecular formula is C49H91NO3. The summed E-state index contributed by atoms with van der Waals surface area (Å²) in [7, 11) is 0. The molecule has 0 aromatic heterocycles. The third kappa shape index (κ3) is 41.4. The average molecular weight is 742 g/mol. The second-order valence-corrected chi connectivity index (χ2v) is 15.8. The first-order valence-corrected chi connectivity index (χ1v) is 23.4.